The lowest BCUT2D eigenvalue weighted by Gasteiger charge is -1.98. The van der Waals surface area contributed by atoms with Gasteiger partial charge in [0.2, 0.25) is 0 Å². The van der Waals surface area contributed by atoms with Gasteiger partial charge >= 0.3 is 5.97 Å². The second kappa shape index (κ2) is 3.89. The smallest absolute Gasteiger partial charge is 0.340 e. The fourth-order valence-electron chi connectivity index (χ4n) is 1.07. The summed E-state index contributed by atoms with van der Waals surface area (Å²) in [4.78, 5) is 10.7. The second-order valence-electron chi connectivity index (χ2n) is 2.57. The summed E-state index contributed by atoms with van der Waals surface area (Å²) in [6.45, 7) is 2.59. The van der Waals surface area contributed by atoms with Gasteiger partial charge in [0.05, 0.1) is 12.2 Å². The highest BCUT2D eigenvalue weighted by molar-refractivity contribution is 9.10. The van der Waals surface area contributed by atoms with Crippen LogP contribution >= 0.6 is 15.9 Å². The maximum atomic E-state index is 10.7. The Bertz CT molecular complexity index is 335. The van der Waals surface area contributed by atoms with Crippen LogP contribution in [0.25, 0.3) is 0 Å². The third-order valence-electron chi connectivity index (χ3n) is 1.62. The molecule has 5 nitrogen and oxygen atoms in total. The van der Waals surface area contributed by atoms with Gasteiger partial charge in [0.25, 0.3) is 0 Å². The minimum atomic E-state index is -0.979. The molecule has 1 aromatic rings. The van der Waals surface area contributed by atoms with E-state index in [-0.39, 0.29) is 5.56 Å². The van der Waals surface area contributed by atoms with Crippen LogP contribution in [0.4, 0.5) is 0 Å². The van der Waals surface area contributed by atoms with Gasteiger partial charge in [-0.25, -0.2) is 4.79 Å². The Hall–Kier alpha value is -0.880. The number of hydrogen-bond donors (Lipinski definition) is 2. The van der Waals surface area contributed by atoms with E-state index in [2.05, 4.69) is 21.0 Å². The number of aromatic nitrogens is 2. The Morgan fingerprint density at radius 1 is 1.77 bits per heavy atom. The van der Waals surface area contributed by atoms with Crippen molar-refractivity contribution in [2.45, 2.75) is 13.5 Å². The number of halogens is 1. The molecule has 0 aliphatic heterocycles. The number of aromatic carboxylic acids is 1. The molecule has 6 heteroatoms. The summed E-state index contributed by atoms with van der Waals surface area (Å²) in [5, 5.41) is 12.8. The van der Waals surface area contributed by atoms with Crippen molar-refractivity contribution in [1.29, 1.82) is 0 Å². The number of aryl methyl sites for hydroxylation is 1. The zero-order valence-electron chi connectivity index (χ0n) is 7.12. The highest BCUT2D eigenvalue weighted by Crippen LogP contribution is 2.19. The van der Waals surface area contributed by atoms with Crippen LogP contribution in [-0.2, 0) is 6.54 Å². The van der Waals surface area contributed by atoms with Crippen LogP contribution in [0.15, 0.2) is 4.60 Å². The molecule has 1 heterocycles. The zero-order chi connectivity index (χ0) is 10.0. The molecule has 0 saturated carbocycles. The maximum Gasteiger partial charge on any atom is 0.340 e. The Morgan fingerprint density at radius 3 is 2.77 bits per heavy atom. The SMILES string of the molecule is Cc1nn(CCN)c(Br)c1C(=O)O. The van der Waals surface area contributed by atoms with E-state index in [9.17, 15) is 4.79 Å². The van der Waals surface area contributed by atoms with E-state index < -0.39 is 5.97 Å². The first kappa shape index (κ1) is 10.2. The van der Waals surface area contributed by atoms with Gasteiger partial charge in [-0.2, -0.15) is 5.10 Å². The van der Waals surface area contributed by atoms with Gasteiger partial charge in [-0.1, -0.05) is 0 Å². The highest BCUT2D eigenvalue weighted by atomic mass is 79.9. The molecule has 0 aromatic carbocycles. The second-order valence-corrected chi connectivity index (χ2v) is 3.32. The van der Waals surface area contributed by atoms with Crippen LogP contribution in [-0.4, -0.2) is 27.4 Å². The molecular weight excluding hydrogens is 238 g/mol. The van der Waals surface area contributed by atoms with E-state index in [0.717, 1.165) is 0 Å². The normalized spacial score (nSPS) is 10.4. The summed E-state index contributed by atoms with van der Waals surface area (Å²) in [6, 6.07) is 0. The standard InChI is InChI=1S/C7H10BrN3O2/c1-4-5(7(12)13)6(8)11(10-4)3-2-9/h2-3,9H2,1H3,(H,12,13). The van der Waals surface area contributed by atoms with Crippen LogP contribution in [0.1, 0.15) is 16.1 Å². The predicted molar refractivity (Wildman–Crippen MR) is 50.7 cm³/mol. The maximum absolute atomic E-state index is 10.7. The van der Waals surface area contributed by atoms with Crippen molar-refractivity contribution in [2.75, 3.05) is 6.54 Å². The predicted octanol–water partition coefficient (Wildman–Crippen LogP) is 0.611. The van der Waals surface area contributed by atoms with Gasteiger partial charge in [-0.3, -0.25) is 4.68 Å². The van der Waals surface area contributed by atoms with Crippen molar-refractivity contribution in [1.82, 2.24) is 9.78 Å². The molecule has 1 aromatic heterocycles. The Labute approximate surface area is 83.7 Å². The molecule has 72 valence electrons. The molecule has 0 saturated heterocycles. The summed E-state index contributed by atoms with van der Waals surface area (Å²) in [7, 11) is 0. The van der Waals surface area contributed by atoms with Crippen LogP contribution in [0.5, 0.6) is 0 Å². The summed E-state index contributed by atoms with van der Waals surface area (Å²) < 4.78 is 2.02. The van der Waals surface area contributed by atoms with E-state index in [1.165, 1.54) is 0 Å². The average molecular weight is 248 g/mol. The van der Waals surface area contributed by atoms with Gasteiger partial charge in [0.15, 0.2) is 0 Å². The van der Waals surface area contributed by atoms with E-state index >= 15 is 0 Å². The molecule has 3 N–H and O–H groups in total. The van der Waals surface area contributed by atoms with Crippen LogP contribution in [0.2, 0.25) is 0 Å². The number of nitrogens with two attached hydrogens (primary N) is 1. The van der Waals surface area contributed by atoms with Crippen molar-refractivity contribution >= 4 is 21.9 Å². The van der Waals surface area contributed by atoms with Crippen molar-refractivity contribution in [3.05, 3.63) is 15.9 Å². The van der Waals surface area contributed by atoms with Crippen molar-refractivity contribution < 1.29 is 9.90 Å². The lowest BCUT2D eigenvalue weighted by Crippen LogP contribution is -2.11. The lowest BCUT2D eigenvalue weighted by molar-refractivity contribution is 0.0695. The Morgan fingerprint density at radius 2 is 2.38 bits per heavy atom. The van der Waals surface area contributed by atoms with E-state index in [1.54, 1.807) is 11.6 Å². The number of carbonyl (C=O) groups is 1. The summed E-state index contributed by atoms with van der Waals surface area (Å²) in [5.74, 6) is -0.979. The number of carboxylic acids is 1. The summed E-state index contributed by atoms with van der Waals surface area (Å²) in [5.41, 5.74) is 6.03. The van der Waals surface area contributed by atoms with E-state index in [1.807, 2.05) is 0 Å². The molecule has 0 spiro atoms. The molecule has 0 fully saturated rings. The molecule has 0 radical (unpaired) electrons. The Kier molecular flexibility index (Phi) is 3.05. The molecule has 1 rings (SSSR count). The van der Waals surface area contributed by atoms with Crippen molar-refractivity contribution in [2.24, 2.45) is 5.73 Å². The average Bonchev–Trinajstić information content (AvgIpc) is 2.28. The third-order valence-corrected chi connectivity index (χ3v) is 2.43. The molecule has 0 aliphatic rings. The van der Waals surface area contributed by atoms with E-state index in [4.69, 9.17) is 10.8 Å². The first-order valence-corrected chi connectivity index (χ1v) is 4.53. The lowest BCUT2D eigenvalue weighted by atomic mass is 10.3. The topological polar surface area (TPSA) is 81.1 Å². The molecule has 0 atom stereocenters. The van der Waals surface area contributed by atoms with E-state index in [0.29, 0.717) is 23.4 Å². The first-order valence-electron chi connectivity index (χ1n) is 3.74. The number of hydrogen-bond acceptors (Lipinski definition) is 3. The first-order chi connectivity index (χ1) is 6.07. The third kappa shape index (κ3) is 1.89. The zero-order valence-corrected chi connectivity index (χ0v) is 8.71. The molecule has 0 bridgehead atoms. The van der Waals surface area contributed by atoms with Crippen molar-refractivity contribution in [3.63, 3.8) is 0 Å². The minimum absolute atomic E-state index is 0.202. The van der Waals surface area contributed by atoms with Crippen LogP contribution < -0.4 is 5.73 Å². The van der Waals surface area contributed by atoms with Gasteiger partial charge in [0, 0.05) is 6.54 Å². The monoisotopic (exact) mass is 247 g/mol. The summed E-state index contributed by atoms with van der Waals surface area (Å²) in [6.07, 6.45) is 0. The Balaban J connectivity index is 3.14. The molecule has 0 aliphatic carbocycles. The summed E-state index contributed by atoms with van der Waals surface area (Å²) >= 11 is 3.17. The van der Waals surface area contributed by atoms with Gasteiger partial charge in [-0.15, -0.1) is 0 Å². The molecule has 0 amide bonds. The van der Waals surface area contributed by atoms with Crippen molar-refractivity contribution in [3.8, 4) is 0 Å². The highest BCUT2D eigenvalue weighted by Gasteiger charge is 2.18. The number of nitrogens with zero attached hydrogens (tertiary/aromatic N) is 2. The van der Waals surface area contributed by atoms with Gasteiger partial charge in [0.1, 0.15) is 10.2 Å². The van der Waals surface area contributed by atoms with Gasteiger partial charge in [-0.05, 0) is 22.9 Å². The molecule has 13 heavy (non-hydrogen) atoms. The minimum Gasteiger partial charge on any atom is -0.478 e. The largest absolute Gasteiger partial charge is 0.478 e. The molecule has 0 unspecified atom stereocenters. The fraction of sp³-hybridized carbons (Fsp3) is 0.429. The van der Waals surface area contributed by atoms with Gasteiger partial charge < -0.3 is 10.8 Å². The number of carboxylic acid groups (broad SMARTS) is 1. The van der Waals surface area contributed by atoms with Crippen LogP contribution in [0, 0.1) is 6.92 Å². The fourth-order valence-corrected chi connectivity index (χ4v) is 1.78. The quantitative estimate of drug-likeness (QED) is 0.821. The van der Waals surface area contributed by atoms with Crippen LogP contribution in [0.3, 0.4) is 0 Å². The number of rotatable bonds is 3. The molecular formula is C7H10BrN3O2.